The summed E-state index contributed by atoms with van der Waals surface area (Å²) in [6.45, 7) is 6.35. The Morgan fingerprint density at radius 2 is 2.00 bits per heavy atom. The Morgan fingerprint density at radius 1 is 1.19 bits per heavy atom. The van der Waals surface area contributed by atoms with Crippen LogP contribution >= 0.6 is 0 Å². The zero-order valence-corrected chi connectivity index (χ0v) is 15.4. The number of aryl methyl sites for hydroxylation is 3. The quantitative estimate of drug-likeness (QED) is 0.781. The Morgan fingerprint density at radius 3 is 2.73 bits per heavy atom. The normalized spacial score (nSPS) is 16.2. The highest BCUT2D eigenvalue weighted by molar-refractivity contribution is 6.00. The molecule has 1 fully saturated rings. The second-order valence-electron chi connectivity index (χ2n) is 7.59. The first kappa shape index (κ1) is 15.6. The number of pyridine rings is 1. The van der Waals surface area contributed by atoms with Gasteiger partial charge < -0.3 is 5.32 Å². The van der Waals surface area contributed by atoms with E-state index in [1.165, 1.54) is 24.0 Å². The summed E-state index contributed by atoms with van der Waals surface area (Å²) in [5, 5.41) is 7.85. The van der Waals surface area contributed by atoms with Gasteiger partial charge in [0.1, 0.15) is 0 Å². The van der Waals surface area contributed by atoms with Crippen LogP contribution in [0.4, 0.5) is 5.69 Å². The fourth-order valence-electron chi connectivity index (χ4n) is 4.05. The van der Waals surface area contributed by atoms with Crippen LogP contribution in [-0.2, 0) is 17.6 Å². The summed E-state index contributed by atoms with van der Waals surface area (Å²) < 4.78 is 2.03. The molecule has 132 valence electrons. The maximum Gasteiger partial charge on any atom is 0.228 e. The van der Waals surface area contributed by atoms with Crippen LogP contribution in [0.1, 0.15) is 53.8 Å². The lowest BCUT2D eigenvalue weighted by atomic mass is 9.98. The molecule has 0 bridgehead atoms. The molecule has 2 aromatic heterocycles. The van der Waals surface area contributed by atoms with Crippen molar-refractivity contribution in [3.63, 3.8) is 0 Å². The zero-order valence-electron chi connectivity index (χ0n) is 15.4. The Kier molecular flexibility index (Phi) is 3.23. The third kappa shape index (κ3) is 2.26. The lowest BCUT2D eigenvalue weighted by molar-refractivity contribution is -0.115. The zero-order chi connectivity index (χ0) is 18.0. The largest absolute Gasteiger partial charge is 0.325 e. The monoisotopic (exact) mass is 346 g/mol. The lowest BCUT2D eigenvalue weighted by Gasteiger charge is -2.14. The van der Waals surface area contributed by atoms with E-state index < -0.39 is 0 Å². The molecule has 1 aliphatic carbocycles. The number of benzene rings is 1. The number of hydrogen-bond acceptors (Lipinski definition) is 3. The van der Waals surface area contributed by atoms with Crippen molar-refractivity contribution in [2.45, 2.75) is 52.4 Å². The molecule has 26 heavy (non-hydrogen) atoms. The highest BCUT2D eigenvalue weighted by atomic mass is 16.1. The number of hydrogen-bond donors (Lipinski definition) is 1. The molecule has 2 aliphatic rings. The number of amides is 1. The van der Waals surface area contributed by atoms with Crippen LogP contribution in [0.2, 0.25) is 0 Å². The Balaban J connectivity index is 1.77. The van der Waals surface area contributed by atoms with Crippen LogP contribution in [-0.4, -0.2) is 20.5 Å². The predicted molar refractivity (Wildman–Crippen MR) is 102 cm³/mol. The van der Waals surface area contributed by atoms with Crippen molar-refractivity contribution < 1.29 is 4.79 Å². The molecule has 3 aromatic rings. The minimum atomic E-state index is 0.0697. The van der Waals surface area contributed by atoms with Gasteiger partial charge in [-0.25, -0.2) is 9.50 Å². The maximum atomic E-state index is 11.8. The molecule has 0 atom stereocenters. The molecule has 0 unspecified atom stereocenters. The average molecular weight is 346 g/mol. The molecule has 0 radical (unpaired) electrons. The van der Waals surface area contributed by atoms with Gasteiger partial charge in [-0.1, -0.05) is 13.0 Å². The number of carbonyl (C=O) groups is 1. The minimum absolute atomic E-state index is 0.0697. The van der Waals surface area contributed by atoms with Crippen molar-refractivity contribution in [2.24, 2.45) is 0 Å². The number of nitrogens with zero attached hydrogens (tertiary/aromatic N) is 3. The molecule has 0 spiro atoms. The molecular weight excluding hydrogens is 324 g/mol. The van der Waals surface area contributed by atoms with Crippen LogP contribution in [0, 0.1) is 13.8 Å². The van der Waals surface area contributed by atoms with Gasteiger partial charge in [-0.2, -0.15) is 5.10 Å². The van der Waals surface area contributed by atoms with E-state index in [2.05, 4.69) is 44.3 Å². The fraction of sp³-hybridized carbons (Fsp3) is 0.381. The van der Waals surface area contributed by atoms with Crippen molar-refractivity contribution in [1.82, 2.24) is 14.6 Å². The van der Waals surface area contributed by atoms with Gasteiger partial charge in [0.05, 0.1) is 12.1 Å². The van der Waals surface area contributed by atoms with Gasteiger partial charge in [-0.3, -0.25) is 4.79 Å². The van der Waals surface area contributed by atoms with Gasteiger partial charge in [0.25, 0.3) is 0 Å². The van der Waals surface area contributed by atoms with E-state index in [4.69, 9.17) is 10.1 Å². The summed E-state index contributed by atoms with van der Waals surface area (Å²) in [5.74, 6) is 1.57. The first-order valence-corrected chi connectivity index (χ1v) is 9.38. The van der Waals surface area contributed by atoms with Crippen molar-refractivity contribution in [3.05, 3.63) is 46.3 Å². The number of carbonyl (C=O) groups excluding carboxylic acids is 1. The summed E-state index contributed by atoms with van der Waals surface area (Å²) in [6.07, 6.45) is 3.77. The molecule has 1 amide bonds. The van der Waals surface area contributed by atoms with E-state index in [1.807, 2.05) is 4.52 Å². The standard InChI is InChI=1S/C21H22N4O/c1-4-13-8-12(3)19(25-21(13)23-20(24-25)14-5-6-14)16-7-11(2)18-15(9-16)10-17(26)22-18/h7-9,14H,4-6,10H2,1-3H3,(H,22,26). The van der Waals surface area contributed by atoms with Gasteiger partial charge in [-0.15, -0.1) is 0 Å². The van der Waals surface area contributed by atoms with Crippen molar-refractivity contribution >= 4 is 17.2 Å². The van der Waals surface area contributed by atoms with Crippen molar-refractivity contribution in [2.75, 3.05) is 5.32 Å². The molecule has 5 rings (SSSR count). The van der Waals surface area contributed by atoms with Gasteiger partial charge >= 0.3 is 0 Å². The Hall–Kier alpha value is -2.69. The van der Waals surface area contributed by atoms with Crippen molar-refractivity contribution in [1.29, 1.82) is 0 Å². The molecule has 1 aromatic carbocycles. The van der Waals surface area contributed by atoms with Crippen LogP contribution in [0.3, 0.4) is 0 Å². The third-order valence-corrected chi connectivity index (χ3v) is 5.52. The van der Waals surface area contributed by atoms with Gasteiger partial charge in [0, 0.05) is 17.2 Å². The predicted octanol–water partition coefficient (Wildman–Crippen LogP) is 3.95. The van der Waals surface area contributed by atoms with Gasteiger partial charge in [0.2, 0.25) is 5.91 Å². The van der Waals surface area contributed by atoms with E-state index in [0.717, 1.165) is 46.0 Å². The molecule has 5 heteroatoms. The number of nitrogens with one attached hydrogen (secondary N) is 1. The number of anilines is 1. The van der Waals surface area contributed by atoms with Crippen molar-refractivity contribution in [3.8, 4) is 11.3 Å². The molecule has 0 saturated heterocycles. The summed E-state index contributed by atoms with van der Waals surface area (Å²) >= 11 is 0. The topological polar surface area (TPSA) is 59.3 Å². The molecular formula is C21H22N4O. The highest BCUT2D eigenvalue weighted by Gasteiger charge is 2.29. The fourth-order valence-corrected chi connectivity index (χ4v) is 4.05. The number of rotatable bonds is 3. The highest BCUT2D eigenvalue weighted by Crippen LogP contribution is 2.40. The van der Waals surface area contributed by atoms with Gasteiger partial charge in [0.15, 0.2) is 11.5 Å². The van der Waals surface area contributed by atoms with E-state index >= 15 is 0 Å². The third-order valence-electron chi connectivity index (χ3n) is 5.52. The number of fused-ring (bicyclic) bond motifs is 2. The van der Waals surface area contributed by atoms with Gasteiger partial charge in [-0.05, 0) is 67.5 Å². The molecule has 1 N–H and O–H groups in total. The summed E-state index contributed by atoms with van der Waals surface area (Å²) in [4.78, 5) is 16.7. The van der Waals surface area contributed by atoms with Crippen LogP contribution in [0.25, 0.3) is 16.9 Å². The molecule has 5 nitrogen and oxygen atoms in total. The summed E-state index contributed by atoms with van der Waals surface area (Å²) in [7, 11) is 0. The lowest BCUT2D eigenvalue weighted by Crippen LogP contribution is -2.04. The second kappa shape index (κ2) is 5.40. The second-order valence-corrected chi connectivity index (χ2v) is 7.59. The first-order valence-electron chi connectivity index (χ1n) is 9.38. The van der Waals surface area contributed by atoms with Crippen LogP contribution in [0.15, 0.2) is 18.2 Å². The van der Waals surface area contributed by atoms with E-state index in [1.54, 1.807) is 0 Å². The van der Waals surface area contributed by atoms with E-state index in [9.17, 15) is 4.79 Å². The number of aromatic nitrogens is 3. The van der Waals surface area contributed by atoms with Crippen LogP contribution in [0.5, 0.6) is 0 Å². The average Bonchev–Trinajstić information content (AvgIpc) is 3.25. The molecule has 1 saturated carbocycles. The van der Waals surface area contributed by atoms with Crippen LogP contribution < -0.4 is 5.32 Å². The smallest absolute Gasteiger partial charge is 0.228 e. The molecule has 1 aliphatic heterocycles. The summed E-state index contributed by atoms with van der Waals surface area (Å²) in [5.41, 5.74) is 8.73. The maximum absolute atomic E-state index is 11.8. The Bertz CT molecular complexity index is 1080. The van der Waals surface area contributed by atoms with E-state index in [0.29, 0.717) is 12.3 Å². The summed E-state index contributed by atoms with van der Waals surface area (Å²) in [6, 6.07) is 6.52. The van der Waals surface area contributed by atoms with E-state index in [-0.39, 0.29) is 5.91 Å². The molecule has 3 heterocycles. The minimum Gasteiger partial charge on any atom is -0.325 e. The Labute approximate surface area is 152 Å². The first-order chi connectivity index (χ1) is 12.5. The SMILES string of the molecule is CCc1cc(C)c(-c2cc(C)c3c(c2)CC(=O)N3)n2nc(C3CC3)nc12.